The highest BCUT2D eigenvalue weighted by Crippen LogP contribution is 2.47. The predicted octanol–water partition coefficient (Wildman–Crippen LogP) is 6.19. The van der Waals surface area contributed by atoms with Crippen LogP contribution in [0.25, 0.3) is 0 Å². The lowest BCUT2D eigenvalue weighted by molar-refractivity contribution is -0.143. The van der Waals surface area contributed by atoms with Crippen LogP contribution in [0.3, 0.4) is 0 Å². The van der Waals surface area contributed by atoms with E-state index < -0.39 is 53.0 Å². The summed E-state index contributed by atoms with van der Waals surface area (Å²) in [6.07, 6.45) is -6.87. The van der Waals surface area contributed by atoms with Crippen molar-refractivity contribution in [2.45, 2.75) is 38.5 Å². The Morgan fingerprint density at radius 2 is 1.39 bits per heavy atom. The van der Waals surface area contributed by atoms with Crippen LogP contribution in [0.4, 0.5) is 32.0 Å². The molecule has 2 amide bonds. The summed E-state index contributed by atoms with van der Waals surface area (Å²) in [6, 6.07) is 6.53. The Labute approximate surface area is 185 Å². The van der Waals surface area contributed by atoms with Crippen LogP contribution in [-0.2, 0) is 21.9 Å². The first kappa shape index (κ1) is 23.1. The molecule has 2 aromatic rings. The van der Waals surface area contributed by atoms with E-state index in [0.29, 0.717) is 28.9 Å². The van der Waals surface area contributed by atoms with Crippen molar-refractivity contribution in [2.75, 3.05) is 4.90 Å². The largest absolute Gasteiger partial charge is 0.416 e. The van der Waals surface area contributed by atoms with E-state index in [1.165, 1.54) is 6.08 Å². The number of anilines is 1. The van der Waals surface area contributed by atoms with Crippen molar-refractivity contribution in [2.24, 2.45) is 11.8 Å². The summed E-state index contributed by atoms with van der Waals surface area (Å²) in [6.45, 7) is 3.45. The lowest BCUT2D eigenvalue weighted by atomic mass is 9.74. The third-order valence-electron chi connectivity index (χ3n) is 6.25. The van der Waals surface area contributed by atoms with Gasteiger partial charge < -0.3 is 0 Å². The number of amides is 2. The average Bonchev–Trinajstić information content (AvgIpc) is 2.97. The third kappa shape index (κ3) is 3.94. The Balaban J connectivity index is 1.83. The summed E-state index contributed by atoms with van der Waals surface area (Å²) in [5.74, 6) is -4.18. The number of nitrogens with zero attached hydrogens (tertiary/aromatic N) is 1. The zero-order chi connectivity index (χ0) is 24.3. The zero-order valence-corrected chi connectivity index (χ0v) is 17.6. The number of benzene rings is 2. The van der Waals surface area contributed by atoms with Crippen LogP contribution in [0.5, 0.6) is 0 Å². The minimum atomic E-state index is -5.01. The fourth-order valence-corrected chi connectivity index (χ4v) is 4.76. The number of aryl methyl sites for hydroxylation is 2. The van der Waals surface area contributed by atoms with Gasteiger partial charge in [-0.3, -0.25) is 9.59 Å². The molecule has 174 valence electrons. The van der Waals surface area contributed by atoms with E-state index in [1.54, 1.807) is 38.1 Å². The highest BCUT2D eigenvalue weighted by molar-refractivity contribution is 6.23. The minimum absolute atomic E-state index is 0.0537. The SMILES string of the molecule is Cc1cccc(C)c1N1C(=O)[C@@H]2[C@H](CC=C[C@@H]2c2cc(C(F)(F)F)cc(C(F)(F)F)c2)C1=O. The van der Waals surface area contributed by atoms with Crippen molar-refractivity contribution in [3.05, 3.63) is 76.4 Å². The molecule has 0 spiro atoms. The average molecular weight is 467 g/mol. The highest BCUT2D eigenvalue weighted by atomic mass is 19.4. The quantitative estimate of drug-likeness (QED) is 0.300. The summed E-state index contributed by atoms with van der Waals surface area (Å²) in [5.41, 5.74) is -1.47. The number of para-hydroxylation sites is 1. The highest BCUT2D eigenvalue weighted by Gasteiger charge is 2.53. The third-order valence-corrected chi connectivity index (χ3v) is 6.25. The second-order valence-electron chi connectivity index (χ2n) is 8.41. The summed E-state index contributed by atoms with van der Waals surface area (Å²) in [7, 11) is 0. The van der Waals surface area contributed by atoms with Gasteiger partial charge in [-0.1, -0.05) is 30.4 Å². The fourth-order valence-electron chi connectivity index (χ4n) is 4.76. The minimum Gasteiger partial charge on any atom is -0.274 e. The van der Waals surface area contributed by atoms with Gasteiger partial charge in [0.25, 0.3) is 0 Å². The molecule has 3 atom stereocenters. The first-order valence-corrected chi connectivity index (χ1v) is 10.2. The summed E-state index contributed by atoms with van der Waals surface area (Å²) in [5, 5.41) is 0. The standard InChI is InChI=1S/C24H19F6NO2/c1-12-5-3-6-13(2)20(12)31-21(32)18-8-4-7-17(19(18)22(31)33)14-9-15(23(25,26)27)11-16(10-14)24(28,29)30/h3-7,9-11,17-19H,8H2,1-2H3/t17-,18+,19+/m1/s1. The lowest BCUT2D eigenvalue weighted by Crippen LogP contribution is -2.33. The number of hydrogen-bond acceptors (Lipinski definition) is 2. The van der Waals surface area contributed by atoms with Gasteiger partial charge >= 0.3 is 12.4 Å². The Bertz CT molecular complexity index is 1110. The molecule has 1 aliphatic carbocycles. The molecule has 1 fully saturated rings. The molecule has 1 heterocycles. The van der Waals surface area contributed by atoms with Gasteiger partial charge in [-0.15, -0.1) is 0 Å². The van der Waals surface area contributed by atoms with Crippen molar-refractivity contribution in [1.29, 1.82) is 0 Å². The number of alkyl halides is 6. The van der Waals surface area contributed by atoms with Gasteiger partial charge in [-0.2, -0.15) is 26.3 Å². The van der Waals surface area contributed by atoms with E-state index in [9.17, 15) is 35.9 Å². The molecule has 0 radical (unpaired) electrons. The van der Waals surface area contributed by atoms with Crippen molar-refractivity contribution in [3.63, 3.8) is 0 Å². The Morgan fingerprint density at radius 1 is 0.848 bits per heavy atom. The van der Waals surface area contributed by atoms with Crippen LogP contribution >= 0.6 is 0 Å². The van der Waals surface area contributed by atoms with E-state index >= 15 is 0 Å². The molecule has 4 rings (SSSR count). The molecule has 1 saturated heterocycles. The number of carbonyl (C=O) groups is 2. The normalized spacial score (nSPS) is 23.3. The van der Waals surface area contributed by atoms with Gasteiger partial charge in [-0.05, 0) is 55.2 Å². The van der Waals surface area contributed by atoms with E-state index in [-0.39, 0.29) is 18.1 Å². The molecular formula is C24H19F6NO2. The second kappa shape index (κ2) is 7.74. The smallest absolute Gasteiger partial charge is 0.274 e. The number of imide groups is 1. The molecule has 0 saturated carbocycles. The number of carbonyl (C=O) groups excluding carboxylic acids is 2. The molecule has 0 bridgehead atoms. The van der Waals surface area contributed by atoms with Crippen LogP contribution in [0, 0.1) is 25.7 Å². The maximum Gasteiger partial charge on any atom is 0.416 e. The van der Waals surface area contributed by atoms with Crippen LogP contribution in [-0.4, -0.2) is 11.8 Å². The lowest BCUT2D eigenvalue weighted by Gasteiger charge is -2.28. The molecule has 0 aromatic heterocycles. The van der Waals surface area contributed by atoms with Crippen molar-refractivity contribution in [3.8, 4) is 0 Å². The Hall–Kier alpha value is -3.10. The summed E-state index contributed by atoms with van der Waals surface area (Å²) < 4.78 is 80.2. The molecule has 9 heteroatoms. The molecule has 2 aliphatic rings. The molecule has 33 heavy (non-hydrogen) atoms. The number of halogens is 6. The number of hydrogen-bond donors (Lipinski definition) is 0. The second-order valence-corrected chi connectivity index (χ2v) is 8.41. The molecular weight excluding hydrogens is 448 g/mol. The predicted molar refractivity (Wildman–Crippen MR) is 108 cm³/mol. The van der Waals surface area contributed by atoms with E-state index in [0.717, 1.165) is 4.90 Å². The van der Waals surface area contributed by atoms with Gasteiger partial charge in [0.2, 0.25) is 11.8 Å². The molecule has 0 N–H and O–H groups in total. The van der Waals surface area contributed by atoms with E-state index in [1.807, 2.05) is 0 Å². The Morgan fingerprint density at radius 3 is 1.91 bits per heavy atom. The summed E-state index contributed by atoms with van der Waals surface area (Å²) >= 11 is 0. The van der Waals surface area contributed by atoms with E-state index in [4.69, 9.17) is 0 Å². The first-order chi connectivity index (χ1) is 15.3. The zero-order valence-electron chi connectivity index (χ0n) is 17.6. The number of fused-ring (bicyclic) bond motifs is 1. The van der Waals surface area contributed by atoms with Gasteiger partial charge in [0.05, 0.1) is 28.7 Å². The number of rotatable bonds is 2. The molecule has 2 aromatic carbocycles. The van der Waals surface area contributed by atoms with Gasteiger partial charge in [0.15, 0.2) is 0 Å². The van der Waals surface area contributed by atoms with Gasteiger partial charge in [0, 0.05) is 5.92 Å². The van der Waals surface area contributed by atoms with Crippen LogP contribution in [0.15, 0.2) is 48.6 Å². The molecule has 1 aliphatic heterocycles. The van der Waals surface area contributed by atoms with Crippen LogP contribution in [0.1, 0.15) is 40.2 Å². The van der Waals surface area contributed by atoms with Crippen molar-refractivity contribution in [1.82, 2.24) is 0 Å². The fraction of sp³-hybridized carbons (Fsp3) is 0.333. The number of allylic oxidation sites excluding steroid dienone is 2. The Kier molecular flexibility index (Phi) is 5.41. The van der Waals surface area contributed by atoms with Gasteiger partial charge in [0.1, 0.15) is 0 Å². The molecule has 0 unspecified atom stereocenters. The van der Waals surface area contributed by atoms with Crippen LogP contribution < -0.4 is 4.90 Å². The maximum absolute atomic E-state index is 13.4. The van der Waals surface area contributed by atoms with Crippen molar-refractivity contribution < 1.29 is 35.9 Å². The molecule has 3 nitrogen and oxygen atoms in total. The van der Waals surface area contributed by atoms with Crippen molar-refractivity contribution >= 4 is 17.5 Å². The summed E-state index contributed by atoms with van der Waals surface area (Å²) in [4.78, 5) is 27.7. The van der Waals surface area contributed by atoms with Crippen LogP contribution in [0.2, 0.25) is 0 Å². The monoisotopic (exact) mass is 467 g/mol. The van der Waals surface area contributed by atoms with E-state index in [2.05, 4.69) is 0 Å². The first-order valence-electron chi connectivity index (χ1n) is 10.2. The maximum atomic E-state index is 13.4. The van der Waals surface area contributed by atoms with Gasteiger partial charge in [-0.25, -0.2) is 4.90 Å². The topological polar surface area (TPSA) is 37.4 Å².